The smallest absolute Gasteiger partial charge is 0.0905 e. The number of rotatable bonds is 7. The number of nitrogens with one attached hydrogen (secondary N) is 1. The molecule has 0 aromatic carbocycles. The number of nitrogens with zero attached hydrogens (tertiary/aromatic N) is 1. The van der Waals surface area contributed by atoms with Gasteiger partial charge in [-0.3, -0.25) is 5.41 Å². The molecule has 0 aliphatic carbocycles. The maximum atomic E-state index is 7.03. The molecule has 0 aliphatic rings. The van der Waals surface area contributed by atoms with Crippen LogP contribution in [0.15, 0.2) is 0 Å². The summed E-state index contributed by atoms with van der Waals surface area (Å²) in [5.74, 6) is 0.313. The molecule has 0 saturated heterocycles. The van der Waals surface area contributed by atoms with Crippen LogP contribution in [0.2, 0.25) is 0 Å². The number of nitrogens with two attached hydrogens (primary N) is 1. The topological polar surface area (TPSA) is 53.1 Å². The minimum Gasteiger partial charge on any atom is -0.388 e. The van der Waals surface area contributed by atoms with E-state index < -0.39 is 0 Å². The summed E-state index contributed by atoms with van der Waals surface area (Å²) in [4.78, 5) is 2.32. The van der Waals surface area contributed by atoms with Crippen LogP contribution in [0.1, 0.15) is 32.6 Å². The summed E-state index contributed by atoms with van der Waals surface area (Å²) in [6.07, 6.45) is 4.16. The molecular weight excluding hydrogens is 150 g/mol. The molecule has 3 N–H and O–H groups in total. The van der Waals surface area contributed by atoms with E-state index in [1.54, 1.807) is 0 Å². The van der Waals surface area contributed by atoms with Crippen molar-refractivity contribution in [1.29, 1.82) is 5.41 Å². The van der Waals surface area contributed by atoms with Gasteiger partial charge in [0.1, 0.15) is 0 Å². The highest BCUT2D eigenvalue weighted by Gasteiger charge is 1.96. The second kappa shape index (κ2) is 7.10. The fourth-order valence-corrected chi connectivity index (χ4v) is 1.19. The highest BCUT2D eigenvalue weighted by molar-refractivity contribution is 5.76. The average Bonchev–Trinajstić information content (AvgIpc) is 1.98. The van der Waals surface area contributed by atoms with E-state index in [-0.39, 0.29) is 0 Å². The zero-order valence-electron chi connectivity index (χ0n) is 8.27. The van der Waals surface area contributed by atoms with Gasteiger partial charge in [0.05, 0.1) is 5.84 Å². The van der Waals surface area contributed by atoms with Gasteiger partial charge in [-0.25, -0.2) is 0 Å². The van der Waals surface area contributed by atoms with Crippen molar-refractivity contribution in [2.75, 3.05) is 20.1 Å². The third-order valence-corrected chi connectivity index (χ3v) is 1.84. The Bertz CT molecular complexity index is 123. The molecule has 0 unspecified atom stereocenters. The van der Waals surface area contributed by atoms with Crippen LogP contribution >= 0.6 is 0 Å². The molecule has 3 heteroatoms. The largest absolute Gasteiger partial charge is 0.388 e. The second-order valence-corrected chi connectivity index (χ2v) is 3.29. The Morgan fingerprint density at radius 1 is 1.33 bits per heavy atom. The van der Waals surface area contributed by atoms with E-state index in [2.05, 4.69) is 18.9 Å². The highest BCUT2D eigenvalue weighted by atomic mass is 15.1. The van der Waals surface area contributed by atoms with Crippen LogP contribution < -0.4 is 5.73 Å². The summed E-state index contributed by atoms with van der Waals surface area (Å²) in [5.41, 5.74) is 5.24. The minimum atomic E-state index is 0.313. The van der Waals surface area contributed by atoms with Crippen molar-refractivity contribution in [3.8, 4) is 0 Å². The molecule has 3 nitrogen and oxygen atoms in total. The molecule has 0 spiro atoms. The monoisotopic (exact) mass is 171 g/mol. The minimum absolute atomic E-state index is 0.313. The van der Waals surface area contributed by atoms with Gasteiger partial charge in [0.25, 0.3) is 0 Å². The summed E-state index contributed by atoms with van der Waals surface area (Å²) in [5, 5.41) is 7.03. The third-order valence-electron chi connectivity index (χ3n) is 1.84. The average molecular weight is 171 g/mol. The van der Waals surface area contributed by atoms with Crippen LogP contribution in [-0.4, -0.2) is 30.9 Å². The Kier molecular flexibility index (Phi) is 6.76. The van der Waals surface area contributed by atoms with E-state index in [1.807, 2.05) is 0 Å². The molecule has 0 rings (SSSR count). The van der Waals surface area contributed by atoms with Gasteiger partial charge < -0.3 is 10.6 Å². The molecule has 0 saturated carbocycles. The second-order valence-electron chi connectivity index (χ2n) is 3.29. The Morgan fingerprint density at radius 3 is 2.50 bits per heavy atom. The SMILES string of the molecule is CCCN(C)CCCCC(=N)N. The molecule has 0 radical (unpaired) electrons. The van der Waals surface area contributed by atoms with Crippen molar-refractivity contribution in [1.82, 2.24) is 4.90 Å². The normalized spacial score (nSPS) is 10.6. The van der Waals surface area contributed by atoms with Crippen molar-refractivity contribution in [3.63, 3.8) is 0 Å². The molecule has 0 amide bonds. The summed E-state index contributed by atoms with van der Waals surface area (Å²) in [6.45, 7) is 4.48. The van der Waals surface area contributed by atoms with Crippen LogP contribution in [0, 0.1) is 5.41 Å². The Hall–Kier alpha value is -0.570. The lowest BCUT2D eigenvalue weighted by Crippen LogP contribution is -2.20. The van der Waals surface area contributed by atoms with Gasteiger partial charge in [0.2, 0.25) is 0 Å². The van der Waals surface area contributed by atoms with Crippen molar-refractivity contribution < 1.29 is 0 Å². The summed E-state index contributed by atoms with van der Waals surface area (Å²) in [6, 6.07) is 0. The van der Waals surface area contributed by atoms with E-state index in [0.29, 0.717) is 5.84 Å². The first kappa shape index (κ1) is 11.4. The standard InChI is InChI=1S/C9H21N3/c1-3-7-12(2)8-5-4-6-9(10)11/h3-8H2,1-2H3,(H3,10,11). The quantitative estimate of drug-likeness (QED) is 0.346. The molecule has 0 heterocycles. The fourth-order valence-electron chi connectivity index (χ4n) is 1.19. The van der Waals surface area contributed by atoms with Crippen molar-refractivity contribution in [3.05, 3.63) is 0 Å². The predicted molar refractivity (Wildman–Crippen MR) is 53.6 cm³/mol. The molecule has 72 valence electrons. The first-order valence-electron chi connectivity index (χ1n) is 4.68. The summed E-state index contributed by atoms with van der Waals surface area (Å²) >= 11 is 0. The van der Waals surface area contributed by atoms with E-state index >= 15 is 0 Å². The Morgan fingerprint density at radius 2 is 2.00 bits per heavy atom. The van der Waals surface area contributed by atoms with Gasteiger partial charge in [-0.2, -0.15) is 0 Å². The zero-order valence-corrected chi connectivity index (χ0v) is 8.27. The van der Waals surface area contributed by atoms with E-state index in [1.165, 1.54) is 13.0 Å². The van der Waals surface area contributed by atoms with Gasteiger partial charge >= 0.3 is 0 Å². The third kappa shape index (κ3) is 7.54. The molecule has 0 bridgehead atoms. The van der Waals surface area contributed by atoms with E-state index in [0.717, 1.165) is 25.8 Å². The van der Waals surface area contributed by atoms with Crippen LogP contribution in [0.4, 0.5) is 0 Å². The van der Waals surface area contributed by atoms with Crippen molar-refractivity contribution in [2.45, 2.75) is 32.6 Å². The highest BCUT2D eigenvalue weighted by Crippen LogP contribution is 1.97. The van der Waals surface area contributed by atoms with Crippen LogP contribution in [-0.2, 0) is 0 Å². The first-order chi connectivity index (χ1) is 5.66. The maximum Gasteiger partial charge on any atom is 0.0905 e. The Balaban J connectivity index is 3.13. The maximum absolute atomic E-state index is 7.03. The van der Waals surface area contributed by atoms with Crippen molar-refractivity contribution in [2.24, 2.45) is 5.73 Å². The molecule has 0 aromatic rings. The molecular formula is C9H21N3. The molecule has 0 aliphatic heterocycles. The van der Waals surface area contributed by atoms with Gasteiger partial charge in [-0.15, -0.1) is 0 Å². The van der Waals surface area contributed by atoms with Gasteiger partial charge in [0, 0.05) is 6.42 Å². The van der Waals surface area contributed by atoms with Gasteiger partial charge in [-0.1, -0.05) is 6.92 Å². The lowest BCUT2D eigenvalue weighted by molar-refractivity contribution is 0.327. The van der Waals surface area contributed by atoms with Gasteiger partial charge in [0.15, 0.2) is 0 Å². The van der Waals surface area contributed by atoms with Crippen LogP contribution in [0.5, 0.6) is 0 Å². The van der Waals surface area contributed by atoms with E-state index in [4.69, 9.17) is 11.1 Å². The number of unbranched alkanes of at least 4 members (excludes halogenated alkanes) is 1. The lowest BCUT2D eigenvalue weighted by atomic mass is 10.2. The van der Waals surface area contributed by atoms with E-state index in [9.17, 15) is 0 Å². The fraction of sp³-hybridized carbons (Fsp3) is 0.889. The van der Waals surface area contributed by atoms with Crippen molar-refractivity contribution >= 4 is 5.84 Å². The van der Waals surface area contributed by atoms with Gasteiger partial charge in [-0.05, 0) is 39.4 Å². The molecule has 0 atom stereocenters. The zero-order chi connectivity index (χ0) is 9.40. The summed E-state index contributed by atoms with van der Waals surface area (Å²) < 4.78 is 0. The predicted octanol–water partition coefficient (Wildman–Crippen LogP) is 1.43. The number of hydrogen-bond donors (Lipinski definition) is 2. The molecule has 0 fully saturated rings. The van der Waals surface area contributed by atoms with Crippen LogP contribution in [0.3, 0.4) is 0 Å². The summed E-state index contributed by atoms with van der Waals surface area (Å²) in [7, 11) is 2.14. The lowest BCUT2D eigenvalue weighted by Gasteiger charge is -2.14. The Labute approximate surface area is 75.4 Å². The molecule has 0 aromatic heterocycles. The number of amidine groups is 1. The molecule has 12 heavy (non-hydrogen) atoms. The first-order valence-corrected chi connectivity index (χ1v) is 4.68. The van der Waals surface area contributed by atoms with Crippen LogP contribution in [0.25, 0.3) is 0 Å². The number of hydrogen-bond acceptors (Lipinski definition) is 2.